The van der Waals surface area contributed by atoms with Crippen LogP contribution in [-0.4, -0.2) is 39.4 Å². The Hall–Kier alpha value is 0.448. The van der Waals surface area contributed by atoms with E-state index in [1.54, 1.807) is 6.08 Å². The van der Waals surface area contributed by atoms with Gasteiger partial charge in [-0.25, -0.2) is 0 Å². The first kappa shape index (κ1) is 20.4. The van der Waals surface area contributed by atoms with Crippen molar-refractivity contribution in [2.75, 3.05) is 0 Å². The molecule has 0 heterocycles. The monoisotopic (exact) mass is 351 g/mol. The Balaban J connectivity index is 5.69. The number of nitrogens with two attached hydrogens (primary N) is 1. The average molecular weight is 352 g/mol. The van der Waals surface area contributed by atoms with Gasteiger partial charge in [0.05, 0.1) is 5.67 Å². The molecule has 0 saturated heterocycles. The molecule has 0 aliphatic rings. The number of hydrogen-bond donors (Lipinski definition) is 1. The normalized spacial score (nSPS) is 16.1. The van der Waals surface area contributed by atoms with Gasteiger partial charge in [-0.15, -0.1) is 6.58 Å². The zero-order valence-corrected chi connectivity index (χ0v) is 18.7. The molecule has 4 nitrogen and oxygen atoms in total. The molecule has 0 radical (unpaired) electrons. The van der Waals surface area contributed by atoms with Gasteiger partial charge >= 0.3 is 8.80 Å². The minimum absolute atomic E-state index is 0.368. The largest absolute Gasteiger partial charge is 0.491 e. The van der Waals surface area contributed by atoms with E-state index in [0.717, 1.165) is 0 Å². The van der Waals surface area contributed by atoms with Crippen LogP contribution in [0.2, 0.25) is 58.9 Å². The van der Waals surface area contributed by atoms with Crippen LogP contribution in [0, 0.1) is 0 Å². The van der Waals surface area contributed by atoms with E-state index in [1.807, 2.05) is 0 Å². The molecule has 0 aromatic rings. The summed E-state index contributed by atoms with van der Waals surface area (Å²) < 4.78 is 19.3. The van der Waals surface area contributed by atoms with Gasteiger partial charge in [0.2, 0.25) is 0 Å². The van der Waals surface area contributed by atoms with E-state index in [2.05, 4.69) is 65.5 Å². The minimum atomic E-state index is -2.96. The highest BCUT2D eigenvalue weighted by atomic mass is 28.5. The molecule has 2 N–H and O–H groups in total. The Morgan fingerprint density at radius 2 is 1.00 bits per heavy atom. The van der Waals surface area contributed by atoms with Crippen LogP contribution in [0.25, 0.3) is 0 Å². The summed E-state index contributed by atoms with van der Waals surface area (Å²) in [7, 11) is -8.49. The van der Waals surface area contributed by atoms with Crippen molar-refractivity contribution < 1.29 is 12.3 Å². The molecule has 0 aliphatic heterocycles. The van der Waals surface area contributed by atoms with Crippen molar-refractivity contribution in [3.05, 3.63) is 12.7 Å². The maximum Gasteiger partial charge on any atom is 0.491 e. The van der Waals surface area contributed by atoms with Gasteiger partial charge in [0.15, 0.2) is 25.0 Å². The molecule has 0 bridgehead atoms. The van der Waals surface area contributed by atoms with Gasteiger partial charge in [0, 0.05) is 0 Å². The third-order valence-corrected chi connectivity index (χ3v) is 13.8. The lowest BCUT2D eigenvalue weighted by molar-refractivity contribution is 0.244. The molecule has 0 aromatic carbocycles. The van der Waals surface area contributed by atoms with Crippen LogP contribution in [0.1, 0.15) is 0 Å². The first-order chi connectivity index (χ1) is 8.60. The second-order valence-corrected chi connectivity index (χ2v) is 25.0. The van der Waals surface area contributed by atoms with Gasteiger partial charge in [-0.1, -0.05) is 6.08 Å². The maximum atomic E-state index is 6.44. The second-order valence-electron chi connectivity index (χ2n) is 8.01. The van der Waals surface area contributed by atoms with Crippen molar-refractivity contribution >= 4 is 33.8 Å². The molecule has 0 amide bonds. The standard InChI is InChI=1S/C12H33NO3Si4/c1-11-12(13)20(14-17(2,3)4,15-18(5,6)7)16-19(8,9)10/h11-12H,1,13H2,2-10H3. The Bertz CT molecular complexity index is 290. The molecular formula is C12H33NO3Si4. The highest BCUT2D eigenvalue weighted by Crippen LogP contribution is 2.27. The van der Waals surface area contributed by atoms with Crippen molar-refractivity contribution in [2.45, 2.75) is 64.6 Å². The van der Waals surface area contributed by atoms with E-state index in [1.165, 1.54) is 0 Å². The van der Waals surface area contributed by atoms with E-state index < -0.39 is 33.8 Å². The van der Waals surface area contributed by atoms with Gasteiger partial charge in [0.25, 0.3) is 0 Å². The molecule has 20 heavy (non-hydrogen) atoms. The van der Waals surface area contributed by atoms with Crippen LogP contribution in [-0.2, 0) is 12.3 Å². The highest BCUT2D eigenvalue weighted by molar-refractivity contribution is 6.90. The van der Waals surface area contributed by atoms with Crippen LogP contribution in [0.3, 0.4) is 0 Å². The molecule has 0 aromatic heterocycles. The van der Waals surface area contributed by atoms with Crippen LogP contribution in [0.15, 0.2) is 12.7 Å². The quantitative estimate of drug-likeness (QED) is 0.537. The van der Waals surface area contributed by atoms with Gasteiger partial charge in [0.1, 0.15) is 0 Å². The van der Waals surface area contributed by atoms with Crippen molar-refractivity contribution in [1.82, 2.24) is 0 Å². The smallest absolute Gasteiger partial charge is 0.416 e. The van der Waals surface area contributed by atoms with Crippen molar-refractivity contribution in [2.24, 2.45) is 5.73 Å². The van der Waals surface area contributed by atoms with Gasteiger partial charge in [-0.2, -0.15) is 0 Å². The molecule has 0 aliphatic carbocycles. The zero-order chi connectivity index (χ0) is 16.4. The summed E-state index contributed by atoms with van der Waals surface area (Å²) in [4.78, 5) is 0. The molecule has 0 saturated carbocycles. The lowest BCUT2D eigenvalue weighted by atomic mass is 10.6. The zero-order valence-electron chi connectivity index (χ0n) is 14.7. The summed E-state index contributed by atoms with van der Waals surface area (Å²) in [5, 5.41) is 0. The van der Waals surface area contributed by atoms with E-state index in [0.29, 0.717) is 0 Å². The molecule has 0 rings (SSSR count). The van der Waals surface area contributed by atoms with Crippen LogP contribution < -0.4 is 5.73 Å². The highest BCUT2D eigenvalue weighted by Gasteiger charge is 2.53. The topological polar surface area (TPSA) is 53.7 Å². The summed E-state index contributed by atoms with van der Waals surface area (Å²) in [5.74, 6) is 0. The minimum Gasteiger partial charge on any atom is -0.416 e. The van der Waals surface area contributed by atoms with E-state index in [4.69, 9.17) is 18.1 Å². The molecule has 1 atom stereocenters. The third kappa shape index (κ3) is 8.03. The fourth-order valence-electron chi connectivity index (χ4n) is 1.69. The van der Waals surface area contributed by atoms with Crippen LogP contribution in [0.5, 0.6) is 0 Å². The summed E-state index contributed by atoms with van der Waals surface area (Å²) in [6.45, 7) is 23.1. The lowest BCUT2D eigenvalue weighted by Gasteiger charge is -2.44. The molecular weight excluding hydrogens is 318 g/mol. The Kier molecular flexibility index (Phi) is 6.84. The van der Waals surface area contributed by atoms with E-state index in [-0.39, 0.29) is 5.67 Å². The molecule has 120 valence electrons. The predicted octanol–water partition coefficient (Wildman–Crippen LogP) is 3.53. The fraction of sp³-hybridized carbons (Fsp3) is 0.833. The number of hydrogen-bond acceptors (Lipinski definition) is 4. The molecule has 0 fully saturated rings. The third-order valence-electron chi connectivity index (χ3n) is 2.01. The lowest BCUT2D eigenvalue weighted by Crippen LogP contribution is -2.68. The van der Waals surface area contributed by atoms with E-state index >= 15 is 0 Å². The summed E-state index contributed by atoms with van der Waals surface area (Å²) in [6, 6.07) is 0. The summed E-state index contributed by atoms with van der Waals surface area (Å²) >= 11 is 0. The Morgan fingerprint density at radius 3 is 1.15 bits per heavy atom. The van der Waals surface area contributed by atoms with Gasteiger partial charge in [-0.3, -0.25) is 0 Å². The van der Waals surface area contributed by atoms with Crippen molar-refractivity contribution in [1.29, 1.82) is 0 Å². The van der Waals surface area contributed by atoms with Crippen molar-refractivity contribution in [3.8, 4) is 0 Å². The average Bonchev–Trinajstić information content (AvgIpc) is 2.07. The number of rotatable bonds is 8. The first-order valence-corrected chi connectivity index (χ1v) is 19.1. The second kappa shape index (κ2) is 6.69. The predicted molar refractivity (Wildman–Crippen MR) is 97.2 cm³/mol. The SMILES string of the molecule is C=CC(N)[Si](O[Si](C)(C)C)(O[Si](C)(C)C)O[Si](C)(C)C. The van der Waals surface area contributed by atoms with E-state index in [9.17, 15) is 0 Å². The van der Waals surface area contributed by atoms with Crippen molar-refractivity contribution in [3.63, 3.8) is 0 Å². The van der Waals surface area contributed by atoms with Gasteiger partial charge < -0.3 is 18.1 Å². The molecule has 0 spiro atoms. The van der Waals surface area contributed by atoms with Gasteiger partial charge in [-0.05, 0) is 58.9 Å². The van der Waals surface area contributed by atoms with Crippen LogP contribution in [0.4, 0.5) is 0 Å². The van der Waals surface area contributed by atoms with Crippen LogP contribution >= 0.6 is 0 Å². The maximum absolute atomic E-state index is 6.44. The Morgan fingerprint density at radius 1 is 0.750 bits per heavy atom. The Labute approximate surface area is 129 Å². The fourth-order valence-corrected chi connectivity index (χ4v) is 15.5. The molecule has 1 unspecified atom stereocenters. The molecule has 8 heteroatoms. The summed E-state index contributed by atoms with van der Waals surface area (Å²) in [5.41, 5.74) is 5.94. The first-order valence-electron chi connectivity index (χ1n) is 7.09. The summed E-state index contributed by atoms with van der Waals surface area (Å²) in [6.07, 6.45) is 1.71.